The van der Waals surface area contributed by atoms with Gasteiger partial charge in [0.1, 0.15) is 11.4 Å². The Morgan fingerprint density at radius 1 is 1.12 bits per heavy atom. The van der Waals surface area contributed by atoms with Crippen LogP contribution in [0.2, 0.25) is 0 Å². The molecule has 0 aliphatic carbocycles. The molecule has 3 atom stereocenters. The second-order valence-corrected chi connectivity index (χ2v) is 12.3. The number of hydrogen-bond acceptors (Lipinski definition) is 9. The van der Waals surface area contributed by atoms with Gasteiger partial charge in [0.25, 0.3) is 0 Å². The van der Waals surface area contributed by atoms with E-state index in [0.717, 1.165) is 10.5 Å². The van der Waals surface area contributed by atoms with Gasteiger partial charge < -0.3 is 14.4 Å². The predicted molar refractivity (Wildman–Crippen MR) is 117 cm³/mol. The highest BCUT2D eigenvalue weighted by Crippen LogP contribution is 2.48. The van der Waals surface area contributed by atoms with E-state index >= 15 is 0 Å². The van der Waals surface area contributed by atoms with Gasteiger partial charge in [-0.05, 0) is 40.2 Å². The monoisotopic (exact) mass is 482 g/mol. The number of rotatable bonds is 8. The van der Waals surface area contributed by atoms with Crippen molar-refractivity contribution in [3.63, 3.8) is 0 Å². The molecule has 2 fully saturated rings. The maximum Gasteiger partial charge on any atom is 0.333 e. The number of ether oxygens (including phenoxy) is 2. The zero-order valence-electron chi connectivity index (χ0n) is 19.4. The molecule has 1 aromatic carbocycles. The Balaban J connectivity index is 1.62. The molecule has 33 heavy (non-hydrogen) atoms. The van der Waals surface area contributed by atoms with Crippen LogP contribution in [0.15, 0.2) is 30.3 Å². The molecule has 0 unspecified atom stereocenters. The Morgan fingerprint density at radius 3 is 2.36 bits per heavy atom. The molecule has 2 aliphatic rings. The van der Waals surface area contributed by atoms with Crippen LogP contribution in [0, 0.1) is 11.3 Å². The van der Waals surface area contributed by atoms with Gasteiger partial charge >= 0.3 is 11.9 Å². The minimum absolute atomic E-state index is 0.0207. The molecule has 0 radical (unpaired) electrons. The fourth-order valence-corrected chi connectivity index (χ4v) is 6.18. The lowest BCUT2D eigenvalue weighted by Gasteiger charge is -2.42. The van der Waals surface area contributed by atoms with Crippen LogP contribution in [-0.2, 0) is 45.1 Å². The maximum atomic E-state index is 13.2. The second-order valence-electron chi connectivity index (χ2n) is 9.68. The van der Waals surface area contributed by atoms with Gasteiger partial charge in [0.15, 0.2) is 9.84 Å². The largest absolute Gasteiger partial charge is 0.427 e. The molecule has 0 bridgehead atoms. The summed E-state index contributed by atoms with van der Waals surface area (Å²) in [4.78, 5) is 43.8. The maximum absolute atomic E-state index is 13.2. The highest BCUT2D eigenvalue weighted by molar-refractivity contribution is 7.93. The molecule has 2 saturated heterocycles. The van der Waals surface area contributed by atoms with E-state index in [4.69, 9.17) is 14.3 Å². The zero-order valence-corrected chi connectivity index (χ0v) is 20.2. The quantitative estimate of drug-likeness (QED) is 0.191. The van der Waals surface area contributed by atoms with Crippen LogP contribution >= 0.6 is 0 Å². The first-order valence-electron chi connectivity index (χ1n) is 10.6. The fraction of sp³-hybridized carbons (Fsp3) is 0.591. The molecule has 2 aliphatic heterocycles. The summed E-state index contributed by atoms with van der Waals surface area (Å²) in [6.07, 6.45) is 0. The number of nitrogens with zero attached hydrogens (tertiary/aromatic N) is 1. The first kappa shape index (κ1) is 25.1. The van der Waals surface area contributed by atoms with E-state index in [1.54, 1.807) is 20.8 Å². The summed E-state index contributed by atoms with van der Waals surface area (Å²) < 4.78 is 34.7. The van der Waals surface area contributed by atoms with Gasteiger partial charge in [0.05, 0.1) is 22.7 Å². The topological polar surface area (TPSA) is 128 Å². The summed E-state index contributed by atoms with van der Waals surface area (Å²) in [6.45, 7) is 7.27. The van der Waals surface area contributed by atoms with Crippen LogP contribution in [0.1, 0.15) is 40.2 Å². The van der Waals surface area contributed by atoms with Crippen molar-refractivity contribution < 1.29 is 37.1 Å². The van der Waals surface area contributed by atoms with Crippen molar-refractivity contribution in [1.82, 2.24) is 10.4 Å². The number of sulfone groups is 1. The minimum atomic E-state index is -3.89. The molecule has 0 aromatic heterocycles. The smallest absolute Gasteiger partial charge is 0.333 e. The summed E-state index contributed by atoms with van der Waals surface area (Å²) in [5, 5.41) is -1.16. The standard InChI is InChI=1S/C22H30N2O8S/c1-21(2,3)20(27)31-13-30-19(26)16-22(4,5)33(28,29)18-15(17(25)24(16)18)11-23-32-12-14-9-7-6-8-10-14/h6-10,15-16,18,23H,11-13H2,1-5H3/t15-,16-,18+/m0/s1. The van der Waals surface area contributed by atoms with Gasteiger partial charge in [-0.1, -0.05) is 30.3 Å². The lowest BCUT2D eigenvalue weighted by atomic mass is 9.92. The average molecular weight is 483 g/mol. The van der Waals surface area contributed by atoms with E-state index in [2.05, 4.69) is 5.48 Å². The number of benzene rings is 1. The first-order chi connectivity index (χ1) is 15.3. The number of carbonyl (C=O) groups excluding carboxylic acids is 3. The molecule has 0 saturated carbocycles. The highest BCUT2D eigenvalue weighted by Gasteiger charge is 2.72. The Labute approximate surface area is 193 Å². The number of hydroxylamine groups is 1. The SMILES string of the molecule is CC(C)(C)C(=O)OCOC(=O)[C@@H]1N2C(=O)[C@H](CNOCc3ccccc3)[C@H]2S(=O)(=O)C1(C)C. The number of amides is 1. The molecule has 2 heterocycles. The molecule has 1 aromatic rings. The number of hydrogen-bond donors (Lipinski definition) is 1. The van der Waals surface area contributed by atoms with Crippen molar-refractivity contribution in [3.8, 4) is 0 Å². The normalized spacial score (nSPS) is 25.2. The molecular weight excluding hydrogens is 452 g/mol. The van der Waals surface area contributed by atoms with Gasteiger partial charge in [-0.3, -0.25) is 14.4 Å². The Bertz CT molecular complexity index is 1020. The van der Waals surface area contributed by atoms with Crippen molar-refractivity contribution in [1.29, 1.82) is 0 Å². The zero-order chi connectivity index (χ0) is 24.6. The Hall–Kier alpha value is -2.50. The summed E-state index contributed by atoms with van der Waals surface area (Å²) in [5.41, 5.74) is 2.79. The molecule has 1 N–H and O–H groups in total. The van der Waals surface area contributed by atoms with Gasteiger partial charge in [-0.25, -0.2) is 18.7 Å². The van der Waals surface area contributed by atoms with Gasteiger partial charge in [0, 0.05) is 6.54 Å². The van der Waals surface area contributed by atoms with Crippen molar-refractivity contribution in [2.75, 3.05) is 13.3 Å². The van der Waals surface area contributed by atoms with Gasteiger partial charge in [-0.2, -0.15) is 0 Å². The number of carbonyl (C=O) groups is 3. The summed E-state index contributed by atoms with van der Waals surface area (Å²) in [7, 11) is -3.89. The number of esters is 2. The number of fused-ring (bicyclic) bond motifs is 1. The fourth-order valence-electron chi connectivity index (χ4n) is 3.87. The van der Waals surface area contributed by atoms with E-state index in [1.165, 1.54) is 13.8 Å². The predicted octanol–water partition coefficient (Wildman–Crippen LogP) is 1.16. The molecule has 3 rings (SSSR count). The molecule has 1 amide bonds. The molecular formula is C22H30N2O8S. The third-order valence-corrected chi connectivity index (χ3v) is 8.77. The van der Waals surface area contributed by atoms with Crippen LogP contribution in [0.4, 0.5) is 0 Å². The van der Waals surface area contributed by atoms with Crippen molar-refractivity contribution in [2.24, 2.45) is 11.3 Å². The summed E-state index contributed by atoms with van der Waals surface area (Å²) >= 11 is 0. The molecule has 182 valence electrons. The third-order valence-electron chi connectivity index (χ3n) is 5.89. The Kier molecular flexibility index (Phi) is 6.88. The Morgan fingerprint density at radius 2 is 1.76 bits per heavy atom. The van der Waals surface area contributed by atoms with Crippen LogP contribution in [-0.4, -0.2) is 60.7 Å². The minimum Gasteiger partial charge on any atom is -0.427 e. The van der Waals surface area contributed by atoms with E-state index in [0.29, 0.717) is 0 Å². The van der Waals surface area contributed by atoms with E-state index in [9.17, 15) is 22.8 Å². The highest BCUT2D eigenvalue weighted by atomic mass is 32.2. The summed E-state index contributed by atoms with van der Waals surface area (Å²) in [5.74, 6) is -2.89. The number of β-lactam (4-membered cyclic amide) rings is 1. The van der Waals surface area contributed by atoms with Crippen LogP contribution in [0.3, 0.4) is 0 Å². The lowest BCUT2D eigenvalue weighted by Crippen LogP contribution is -2.65. The molecule has 10 nitrogen and oxygen atoms in total. The number of nitrogens with one attached hydrogen (secondary N) is 1. The van der Waals surface area contributed by atoms with Crippen LogP contribution in [0.5, 0.6) is 0 Å². The van der Waals surface area contributed by atoms with Gasteiger partial charge in [0.2, 0.25) is 12.7 Å². The van der Waals surface area contributed by atoms with Crippen molar-refractivity contribution in [3.05, 3.63) is 35.9 Å². The first-order valence-corrected chi connectivity index (χ1v) is 12.1. The van der Waals surface area contributed by atoms with Crippen LogP contribution in [0.25, 0.3) is 0 Å². The van der Waals surface area contributed by atoms with E-state index < -0.39 is 62.0 Å². The molecule has 0 spiro atoms. The third kappa shape index (κ3) is 4.62. The van der Waals surface area contributed by atoms with E-state index in [1.807, 2.05) is 30.3 Å². The van der Waals surface area contributed by atoms with Crippen LogP contribution < -0.4 is 5.48 Å². The molecule has 11 heteroatoms. The second kappa shape index (κ2) is 9.03. The van der Waals surface area contributed by atoms with E-state index in [-0.39, 0.29) is 13.2 Å². The van der Waals surface area contributed by atoms with Crippen molar-refractivity contribution in [2.45, 2.75) is 57.4 Å². The van der Waals surface area contributed by atoms with Crippen molar-refractivity contribution >= 4 is 27.7 Å². The summed E-state index contributed by atoms with van der Waals surface area (Å²) in [6, 6.07) is 8.01. The van der Waals surface area contributed by atoms with Gasteiger partial charge in [-0.15, -0.1) is 0 Å². The average Bonchev–Trinajstić information content (AvgIpc) is 2.87. The lowest BCUT2D eigenvalue weighted by molar-refractivity contribution is -0.181.